The molecule has 0 saturated heterocycles. The van der Waals surface area contributed by atoms with E-state index in [1.807, 2.05) is 0 Å². The summed E-state index contributed by atoms with van der Waals surface area (Å²) in [6.07, 6.45) is 1.08. The van der Waals surface area contributed by atoms with Crippen LogP contribution in [0.15, 0.2) is 227 Å². The first-order valence-corrected chi connectivity index (χ1v) is 23.0. The fourth-order valence-corrected chi connectivity index (χ4v) is 9.54. The molecule has 1 aliphatic carbocycles. The molecule has 11 aromatic rings. The Labute approximate surface area is 386 Å². The molecule has 0 unspecified atom stereocenters. The number of nitrogens with zero attached hydrogens (tertiary/aromatic N) is 1. The summed E-state index contributed by atoms with van der Waals surface area (Å²) in [6.45, 7) is 0. The lowest BCUT2D eigenvalue weighted by molar-refractivity contribution is 1.18. The highest BCUT2D eigenvalue weighted by molar-refractivity contribution is 14.1. The van der Waals surface area contributed by atoms with E-state index in [9.17, 15) is 0 Å². The van der Waals surface area contributed by atoms with Crippen LogP contribution in [0, 0.1) is 3.57 Å². The molecule has 0 bridgehead atoms. The molecule has 1 heterocycles. The van der Waals surface area contributed by atoms with E-state index in [-0.39, 0.29) is 0 Å². The highest BCUT2D eigenvalue weighted by Gasteiger charge is 2.20. The molecule has 1 aromatic heterocycles. The van der Waals surface area contributed by atoms with Gasteiger partial charge < -0.3 is 4.57 Å². The van der Waals surface area contributed by atoms with Gasteiger partial charge in [-0.2, -0.15) is 0 Å². The summed E-state index contributed by atoms with van der Waals surface area (Å²) in [6, 6.07) is 78.0. The van der Waals surface area contributed by atoms with Crippen LogP contribution < -0.4 is 0 Å². The summed E-state index contributed by atoms with van der Waals surface area (Å²) in [7, 11) is 0. The Kier molecular flexibility index (Phi) is 11.2. The van der Waals surface area contributed by atoms with Crippen molar-refractivity contribution in [2.24, 2.45) is 0 Å². The molecule has 12 rings (SSSR count). The Morgan fingerprint density at radius 1 is 0.377 bits per heavy atom. The fraction of sp³-hybridized carbons (Fsp3) is 0.0175. The largest absolute Gasteiger partial charge is 0.309 e. The highest BCUT2D eigenvalue weighted by Crippen LogP contribution is 2.41. The zero-order chi connectivity index (χ0) is 41.3. The van der Waals surface area contributed by atoms with E-state index in [2.05, 4.69) is 277 Å². The summed E-state index contributed by atoms with van der Waals surface area (Å²) in [4.78, 5) is 0. The van der Waals surface area contributed by atoms with Crippen LogP contribution in [-0.2, 0) is 6.42 Å². The Morgan fingerprint density at radius 2 is 0.869 bits per heavy atom. The van der Waals surface area contributed by atoms with Gasteiger partial charge in [0, 0.05) is 29.0 Å². The van der Waals surface area contributed by atoms with Crippen LogP contribution in [0.25, 0.3) is 82.4 Å². The quantitative estimate of drug-likeness (QED) is 0.155. The molecule has 292 valence electrons. The molecule has 0 atom stereocenters. The third-order valence-corrected chi connectivity index (χ3v) is 13.3. The molecule has 0 N–H and O–H groups in total. The Hall–Kier alpha value is -5.79. The number of fused-ring (bicyclic) bond motifs is 10. The van der Waals surface area contributed by atoms with E-state index in [0.717, 1.165) is 15.4 Å². The number of hydrogen-bond acceptors (Lipinski definition) is 0. The topological polar surface area (TPSA) is 4.93 Å². The van der Waals surface area contributed by atoms with E-state index in [1.54, 1.807) is 0 Å². The van der Waals surface area contributed by atoms with Gasteiger partial charge in [-0.15, -0.1) is 0 Å². The third kappa shape index (κ3) is 7.96. The van der Waals surface area contributed by atoms with Crippen molar-refractivity contribution in [1.82, 2.24) is 4.57 Å². The van der Waals surface area contributed by atoms with Gasteiger partial charge in [0.1, 0.15) is 0 Å². The van der Waals surface area contributed by atoms with Crippen molar-refractivity contribution in [1.29, 1.82) is 0 Å². The Balaban J connectivity index is 0.000000121. The second kappa shape index (κ2) is 17.3. The molecule has 10 aromatic carbocycles. The van der Waals surface area contributed by atoms with E-state index in [0.29, 0.717) is 0 Å². The van der Waals surface area contributed by atoms with E-state index in [4.69, 9.17) is 0 Å². The van der Waals surface area contributed by atoms with Crippen molar-refractivity contribution in [2.75, 3.05) is 0 Å². The summed E-state index contributed by atoms with van der Waals surface area (Å²) in [5, 5.41) is 7.91. The lowest BCUT2D eigenvalue weighted by Crippen LogP contribution is -1.93. The first kappa shape index (κ1) is 39.4. The van der Waals surface area contributed by atoms with Gasteiger partial charge in [-0.1, -0.05) is 190 Å². The molecule has 0 aliphatic heterocycles. The number of benzene rings is 10. The SMILES string of the molecule is Brc1ccc(-c2ccc(-n3c4ccccc4c4c5ccccc5ccc43)cc2)cc1.Brc1ccc(-c2ccc(I)cc2)cc1.c1ccc2c(c1)Cc1ccc3ccccc3c1-2. The predicted molar refractivity (Wildman–Crippen MR) is 276 cm³/mol. The third-order valence-electron chi connectivity index (χ3n) is 11.6. The highest BCUT2D eigenvalue weighted by atomic mass is 127. The smallest absolute Gasteiger partial charge is 0.0547 e. The predicted octanol–water partition coefficient (Wildman–Crippen LogP) is 17.5. The van der Waals surface area contributed by atoms with Gasteiger partial charge >= 0.3 is 0 Å². The lowest BCUT2D eigenvalue weighted by atomic mass is 9.98. The second-order valence-corrected chi connectivity index (χ2v) is 18.3. The normalized spacial score (nSPS) is 11.5. The van der Waals surface area contributed by atoms with Crippen LogP contribution in [-0.4, -0.2) is 4.57 Å². The van der Waals surface area contributed by atoms with Crippen molar-refractivity contribution in [2.45, 2.75) is 6.42 Å². The number of halogens is 3. The average Bonchev–Trinajstić information content (AvgIpc) is 3.87. The number of para-hydroxylation sites is 1. The maximum atomic E-state index is 3.52. The van der Waals surface area contributed by atoms with Crippen LogP contribution in [0.2, 0.25) is 0 Å². The summed E-state index contributed by atoms with van der Waals surface area (Å²) in [5.74, 6) is 0. The molecular weight excluding hydrogens is 985 g/mol. The summed E-state index contributed by atoms with van der Waals surface area (Å²) >= 11 is 9.26. The zero-order valence-electron chi connectivity index (χ0n) is 33.1. The van der Waals surface area contributed by atoms with Gasteiger partial charge in [0.05, 0.1) is 11.0 Å². The monoisotopic (exact) mass is 1020 g/mol. The molecule has 0 amide bonds. The van der Waals surface area contributed by atoms with Crippen LogP contribution in [0.4, 0.5) is 0 Å². The molecule has 1 nitrogen and oxygen atoms in total. The number of rotatable bonds is 3. The van der Waals surface area contributed by atoms with Gasteiger partial charge in [0.2, 0.25) is 0 Å². The molecule has 0 fully saturated rings. The Morgan fingerprint density at radius 3 is 1.52 bits per heavy atom. The zero-order valence-corrected chi connectivity index (χ0v) is 38.4. The lowest BCUT2D eigenvalue weighted by Gasteiger charge is -2.10. The van der Waals surface area contributed by atoms with Crippen LogP contribution in [0.5, 0.6) is 0 Å². The standard InChI is InChI=1S/C28H18BrN.C17H12.C12H8BrI/c29-22-14-9-19(10-15-22)20-11-16-23(17-12-20)30-26-8-4-3-7-25(26)28-24-6-2-1-5-21(24)13-18-27(28)30;1-3-7-15-12(5-1)9-10-14-11-13-6-2-4-8-16(13)17(14)15;13-11-5-1-9(2-6-11)10-3-7-12(14)8-4-10/h1-18H;1-10H,11H2;1-8H. The maximum Gasteiger partial charge on any atom is 0.0547 e. The minimum absolute atomic E-state index is 1.08. The first-order valence-electron chi connectivity index (χ1n) is 20.4. The van der Waals surface area contributed by atoms with E-state index < -0.39 is 0 Å². The van der Waals surface area contributed by atoms with Crippen LogP contribution in [0.3, 0.4) is 0 Å². The molecule has 61 heavy (non-hydrogen) atoms. The minimum Gasteiger partial charge on any atom is -0.309 e. The molecule has 1 aliphatic rings. The summed E-state index contributed by atoms with van der Waals surface area (Å²) in [5.41, 5.74) is 14.4. The van der Waals surface area contributed by atoms with Gasteiger partial charge in [0.25, 0.3) is 0 Å². The first-order chi connectivity index (χ1) is 30.0. The van der Waals surface area contributed by atoms with Gasteiger partial charge in [-0.25, -0.2) is 0 Å². The van der Waals surface area contributed by atoms with E-state index >= 15 is 0 Å². The van der Waals surface area contributed by atoms with Gasteiger partial charge in [-0.3, -0.25) is 0 Å². The minimum atomic E-state index is 1.08. The molecule has 0 spiro atoms. The van der Waals surface area contributed by atoms with Gasteiger partial charge in [-0.05, 0) is 156 Å². The molecule has 0 saturated carbocycles. The van der Waals surface area contributed by atoms with Crippen molar-refractivity contribution >= 4 is 97.8 Å². The second-order valence-electron chi connectivity index (χ2n) is 15.3. The fourth-order valence-electron chi connectivity index (χ4n) is 8.65. The van der Waals surface area contributed by atoms with Crippen molar-refractivity contribution in [3.05, 3.63) is 242 Å². The Bertz CT molecular complexity index is 3290. The van der Waals surface area contributed by atoms with Crippen molar-refractivity contribution in [3.63, 3.8) is 0 Å². The van der Waals surface area contributed by atoms with Crippen molar-refractivity contribution in [3.8, 4) is 39.1 Å². The van der Waals surface area contributed by atoms with Crippen LogP contribution >= 0.6 is 54.5 Å². The maximum absolute atomic E-state index is 3.52. The van der Waals surface area contributed by atoms with E-state index in [1.165, 1.54) is 97.1 Å². The van der Waals surface area contributed by atoms with Crippen LogP contribution in [0.1, 0.15) is 11.1 Å². The summed E-state index contributed by atoms with van der Waals surface area (Å²) < 4.78 is 5.86. The number of aromatic nitrogens is 1. The average molecular weight is 1020 g/mol. The van der Waals surface area contributed by atoms with Gasteiger partial charge in [0.15, 0.2) is 0 Å². The van der Waals surface area contributed by atoms with Crippen molar-refractivity contribution < 1.29 is 0 Å². The molecule has 0 radical (unpaired) electrons. The molecule has 4 heteroatoms. The number of hydrogen-bond donors (Lipinski definition) is 0. The molecular formula is C57H38Br2IN.